The molecule has 16 heavy (non-hydrogen) atoms. The van der Waals surface area contributed by atoms with Crippen molar-refractivity contribution < 1.29 is 0 Å². The van der Waals surface area contributed by atoms with E-state index in [1.807, 2.05) is 0 Å². The van der Waals surface area contributed by atoms with Crippen LogP contribution in [0.25, 0.3) is 0 Å². The first-order chi connectivity index (χ1) is 7.84. The minimum atomic E-state index is 0.993. The molecule has 2 heteroatoms. The monoisotopic (exact) mass is 224 g/mol. The summed E-state index contributed by atoms with van der Waals surface area (Å²) >= 11 is 0. The van der Waals surface area contributed by atoms with Crippen molar-refractivity contribution in [2.24, 2.45) is 11.8 Å². The molecule has 0 aromatic rings. The second-order valence-corrected chi connectivity index (χ2v) is 5.89. The summed E-state index contributed by atoms with van der Waals surface area (Å²) in [6.45, 7) is 5.16. The molecule has 1 saturated carbocycles. The minimum Gasteiger partial charge on any atom is -0.316 e. The van der Waals surface area contributed by atoms with Gasteiger partial charge in [0, 0.05) is 0 Å². The zero-order chi connectivity index (χ0) is 11.2. The van der Waals surface area contributed by atoms with Gasteiger partial charge in [0.15, 0.2) is 0 Å². The van der Waals surface area contributed by atoms with Crippen LogP contribution in [0.15, 0.2) is 0 Å². The van der Waals surface area contributed by atoms with Gasteiger partial charge in [0.1, 0.15) is 0 Å². The first-order valence-electron chi connectivity index (χ1n) is 7.24. The highest BCUT2D eigenvalue weighted by Crippen LogP contribution is 2.24. The van der Waals surface area contributed by atoms with E-state index in [0.29, 0.717) is 0 Å². The molecule has 0 aromatic carbocycles. The Morgan fingerprint density at radius 3 is 2.38 bits per heavy atom. The molecule has 2 nitrogen and oxygen atoms in total. The number of hydrogen-bond acceptors (Lipinski definition) is 2. The van der Waals surface area contributed by atoms with Gasteiger partial charge < -0.3 is 10.2 Å². The van der Waals surface area contributed by atoms with Crippen LogP contribution in [0.2, 0.25) is 0 Å². The number of rotatable bonds is 5. The highest BCUT2D eigenvalue weighted by molar-refractivity contribution is 4.72. The minimum absolute atomic E-state index is 0.993. The van der Waals surface area contributed by atoms with E-state index in [4.69, 9.17) is 0 Å². The van der Waals surface area contributed by atoms with Gasteiger partial charge >= 0.3 is 0 Å². The fourth-order valence-corrected chi connectivity index (χ4v) is 3.18. The Hall–Kier alpha value is -0.0800. The van der Waals surface area contributed by atoms with Crippen molar-refractivity contribution in [3.8, 4) is 0 Å². The molecule has 0 unspecified atom stereocenters. The second-order valence-electron chi connectivity index (χ2n) is 5.89. The summed E-state index contributed by atoms with van der Waals surface area (Å²) in [6, 6.07) is 0. The Morgan fingerprint density at radius 1 is 1.00 bits per heavy atom. The van der Waals surface area contributed by atoms with Gasteiger partial charge in [-0.1, -0.05) is 12.8 Å². The summed E-state index contributed by atoms with van der Waals surface area (Å²) in [5, 5.41) is 3.67. The van der Waals surface area contributed by atoms with Crippen LogP contribution in [0.4, 0.5) is 0 Å². The van der Waals surface area contributed by atoms with Crippen molar-refractivity contribution in [3.63, 3.8) is 0 Å². The molecule has 1 aliphatic heterocycles. The first kappa shape index (κ1) is 12.4. The third-order valence-electron chi connectivity index (χ3n) is 4.48. The molecule has 0 atom stereocenters. The van der Waals surface area contributed by atoms with E-state index in [1.54, 1.807) is 0 Å². The molecule has 0 bridgehead atoms. The molecular weight excluding hydrogens is 196 g/mol. The summed E-state index contributed by atoms with van der Waals surface area (Å²) < 4.78 is 0. The molecule has 94 valence electrons. The molecule has 0 radical (unpaired) electrons. The van der Waals surface area contributed by atoms with Crippen LogP contribution >= 0.6 is 0 Å². The van der Waals surface area contributed by atoms with E-state index in [9.17, 15) is 0 Å². The Balaban J connectivity index is 1.48. The largest absolute Gasteiger partial charge is 0.316 e. The van der Waals surface area contributed by atoms with E-state index in [0.717, 1.165) is 11.8 Å². The topological polar surface area (TPSA) is 15.3 Å². The third-order valence-corrected chi connectivity index (χ3v) is 4.48. The number of nitrogens with one attached hydrogen (secondary N) is 1. The van der Waals surface area contributed by atoms with Gasteiger partial charge in [-0.05, 0) is 77.2 Å². The molecular formula is C14H28N2. The van der Waals surface area contributed by atoms with Crippen LogP contribution in [-0.2, 0) is 0 Å². The van der Waals surface area contributed by atoms with Crippen molar-refractivity contribution in [3.05, 3.63) is 0 Å². The molecule has 0 spiro atoms. The molecule has 0 amide bonds. The maximum absolute atomic E-state index is 3.67. The average molecular weight is 224 g/mol. The summed E-state index contributed by atoms with van der Waals surface area (Å²) in [6.07, 6.45) is 10.1. The standard InChI is InChI=1S/C14H28N2/c1-16-10-7-13(8-11-16)6-9-15-12-14-4-2-3-5-14/h13-15H,2-12H2,1H3. The summed E-state index contributed by atoms with van der Waals surface area (Å²) in [7, 11) is 2.24. The van der Waals surface area contributed by atoms with Gasteiger partial charge in [-0.3, -0.25) is 0 Å². The van der Waals surface area contributed by atoms with Gasteiger partial charge in [-0.2, -0.15) is 0 Å². The Labute approximate surface area is 101 Å². The average Bonchev–Trinajstić information content (AvgIpc) is 2.80. The van der Waals surface area contributed by atoms with Crippen LogP contribution < -0.4 is 5.32 Å². The van der Waals surface area contributed by atoms with E-state index >= 15 is 0 Å². The van der Waals surface area contributed by atoms with Crippen molar-refractivity contribution in [2.45, 2.75) is 44.9 Å². The molecule has 2 fully saturated rings. The quantitative estimate of drug-likeness (QED) is 0.722. The van der Waals surface area contributed by atoms with Crippen molar-refractivity contribution in [1.29, 1.82) is 0 Å². The highest BCUT2D eigenvalue weighted by atomic mass is 15.1. The summed E-state index contributed by atoms with van der Waals surface area (Å²) in [5.74, 6) is 1.99. The molecule has 1 aliphatic carbocycles. The van der Waals surface area contributed by atoms with Crippen LogP contribution in [-0.4, -0.2) is 38.1 Å². The zero-order valence-corrected chi connectivity index (χ0v) is 10.9. The summed E-state index contributed by atoms with van der Waals surface area (Å²) in [4.78, 5) is 2.46. The first-order valence-corrected chi connectivity index (χ1v) is 7.24. The smallest absolute Gasteiger partial charge is 0.00191 e. The predicted molar refractivity (Wildman–Crippen MR) is 69.7 cm³/mol. The van der Waals surface area contributed by atoms with Gasteiger partial charge in [-0.15, -0.1) is 0 Å². The maximum Gasteiger partial charge on any atom is -0.00191 e. The molecule has 1 heterocycles. The van der Waals surface area contributed by atoms with E-state index < -0.39 is 0 Å². The van der Waals surface area contributed by atoms with E-state index in [-0.39, 0.29) is 0 Å². The van der Waals surface area contributed by atoms with Crippen molar-refractivity contribution >= 4 is 0 Å². The van der Waals surface area contributed by atoms with Crippen molar-refractivity contribution in [1.82, 2.24) is 10.2 Å². The number of piperidine rings is 1. The van der Waals surface area contributed by atoms with Crippen LogP contribution in [0.5, 0.6) is 0 Å². The Morgan fingerprint density at radius 2 is 1.69 bits per heavy atom. The number of likely N-dealkylation sites (tertiary alicyclic amines) is 1. The number of nitrogens with zero attached hydrogens (tertiary/aromatic N) is 1. The van der Waals surface area contributed by atoms with E-state index in [2.05, 4.69) is 17.3 Å². The lowest BCUT2D eigenvalue weighted by Crippen LogP contribution is -2.32. The zero-order valence-electron chi connectivity index (χ0n) is 10.9. The third kappa shape index (κ3) is 4.06. The van der Waals surface area contributed by atoms with Crippen LogP contribution in [0.3, 0.4) is 0 Å². The predicted octanol–water partition coefficient (Wildman–Crippen LogP) is 2.50. The summed E-state index contributed by atoms with van der Waals surface area (Å²) in [5.41, 5.74) is 0. The normalized spacial score (nSPS) is 25.3. The van der Waals surface area contributed by atoms with Gasteiger partial charge in [0.05, 0.1) is 0 Å². The fraction of sp³-hybridized carbons (Fsp3) is 1.00. The lowest BCUT2D eigenvalue weighted by atomic mass is 9.94. The maximum atomic E-state index is 3.67. The molecule has 2 aliphatic rings. The Bertz CT molecular complexity index is 179. The lowest BCUT2D eigenvalue weighted by molar-refractivity contribution is 0.211. The van der Waals surface area contributed by atoms with Gasteiger partial charge in [-0.25, -0.2) is 0 Å². The van der Waals surface area contributed by atoms with E-state index in [1.165, 1.54) is 71.1 Å². The lowest BCUT2D eigenvalue weighted by Gasteiger charge is -2.29. The molecule has 0 aromatic heterocycles. The number of hydrogen-bond donors (Lipinski definition) is 1. The Kier molecular flexibility index (Phi) is 5.11. The van der Waals surface area contributed by atoms with Crippen LogP contribution in [0, 0.1) is 11.8 Å². The second kappa shape index (κ2) is 6.61. The van der Waals surface area contributed by atoms with Gasteiger partial charge in [0.25, 0.3) is 0 Å². The van der Waals surface area contributed by atoms with Crippen molar-refractivity contribution in [2.75, 3.05) is 33.2 Å². The molecule has 2 rings (SSSR count). The highest BCUT2D eigenvalue weighted by Gasteiger charge is 2.17. The molecule has 1 saturated heterocycles. The van der Waals surface area contributed by atoms with Gasteiger partial charge in [0.2, 0.25) is 0 Å². The fourth-order valence-electron chi connectivity index (χ4n) is 3.18. The van der Waals surface area contributed by atoms with Crippen LogP contribution in [0.1, 0.15) is 44.9 Å². The molecule has 1 N–H and O–H groups in total. The SMILES string of the molecule is CN1CCC(CCNCC2CCCC2)CC1.